The maximum atomic E-state index is 12.6. The number of hydrogen-bond acceptors (Lipinski definition) is 1. The fourth-order valence-corrected chi connectivity index (χ4v) is 0.628. The second kappa shape index (κ2) is 5.43. The van der Waals surface area contributed by atoms with Crippen LogP contribution >= 0.6 is 0 Å². The molecule has 0 bridgehead atoms. The summed E-state index contributed by atoms with van der Waals surface area (Å²) in [5.74, 6) is 0. The van der Waals surface area contributed by atoms with Crippen molar-refractivity contribution in [2.24, 2.45) is 0 Å². The fraction of sp³-hybridized carbons (Fsp3) is 0.222. The summed E-state index contributed by atoms with van der Waals surface area (Å²) in [6, 6.07) is 1.50. The van der Waals surface area contributed by atoms with E-state index in [1.165, 1.54) is 18.2 Å². The van der Waals surface area contributed by atoms with E-state index in [9.17, 15) is 4.39 Å². The quantitative estimate of drug-likeness (QED) is 0.568. The van der Waals surface area contributed by atoms with Crippen LogP contribution in [0.1, 0.15) is 6.92 Å². The van der Waals surface area contributed by atoms with E-state index in [-0.39, 0.29) is 0 Å². The van der Waals surface area contributed by atoms with Crippen molar-refractivity contribution < 1.29 is 4.39 Å². The van der Waals surface area contributed by atoms with Gasteiger partial charge in [0.05, 0.1) is 0 Å². The van der Waals surface area contributed by atoms with E-state index in [2.05, 4.69) is 6.58 Å². The first-order valence-corrected chi connectivity index (χ1v) is 3.25. The van der Waals surface area contributed by atoms with E-state index in [1.54, 1.807) is 19.1 Å². The van der Waals surface area contributed by atoms with Gasteiger partial charge in [0.15, 0.2) is 0 Å². The zero-order valence-electron chi connectivity index (χ0n) is 6.42. The molecule has 0 N–H and O–H groups in total. The second-order valence-electron chi connectivity index (χ2n) is 1.89. The molecule has 0 aliphatic rings. The standard InChI is InChI=1S/C9H10FN/c1-3-5-8(6-4-2)9(10)7-11/h3-6,9H,1H2,2H3/b6-4-,8-5+. The number of hydrogen-bond donors (Lipinski definition) is 0. The molecule has 2 heteroatoms. The van der Waals surface area contributed by atoms with Crippen LogP contribution in [0.15, 0.2) is 36.5 Å². The molecule has 0 spiro atoms. The molecule has 0 rings (SSSR count). The highest BCUT2D eigenvalue weighted by Gasteiger charge is 2.06. The third-order valence-corrected chi connectivity index (χ3v) is 1.08. The Morgan fingerprint density at radius 3 is 2.73 bits per heavy atom. The first-order valence-electron chi connectivity index (χ1n) is 3.25. The van der Waals surface area contributed by atoms with Crippen molar-refractivity contribution in [2.45, 2.75) is 13.1 Å². The maximum Gasteiger partial charge on any atom is 0.211 e. The minimum absolute atomic E-state index is 0.338. The fourth-order valence-electron chi connectivity index (χ4n) is 0.628. The number of nitriles is 1. The van der Waals surface area contributed by atoms with Gasteiger partial charge in [-0.3, -0.25) is 0 Å². The lowest BCUT2D eigenvalue weighted by Crippen LogP contribution is -1.97. The molecule has 0 aromatic heterocycles. The summed E-state index contributed by atoms with van der Waals surface area (Å²) in [6.07, 6.45) is 4.62. The average molecular weight is 151 g/mol. The lowest BCUT2D eigenvalue weighted by molar-refractivity contribution is 0.464. The van der Waals surface area contributed by atoms with E-state index in [0.29, 0.717) is 5.57 Å². The molecule has 0 aliphatic heterocycles. The number of rotatable bonds is 3. The van der Waals surface area contributed by atoms with Gasteiger partial charge in [-0.05, 0) is 12.5 Å². The largest absolute Gasteiger partial charge is 0.226 e. The molecular weight excluding hydrogens is 141 g/mol. The number of halogens is 1. The molecule has 0 aromatic rings. The van der Waals surface area contributed by atoms with Crippen LogP contribution in [0, 0.1) is 11.3 Å². The van der Waals surface area contributed by atoms with E-state index in [0.717, 1.165) is 0 Å². The van der Waals surface area contributed by atoms with Gasteiger partial charge in [0.2, 0.25) is 6.17 Å². The van der Waals surface area contributed by atoms with E-state index in [4.69, 9.17) is 5.26 Å². The normalized spacial score (nSPS) is 14.5. The second-order valence-corrected chi connectivity index (χ2v) is 1.89. The summed E-state index contributed by atoms with van der Waals surface area (Å²) >= 11 is 0. The number of nitrogens with zero attached hydrogens (tertiary/aromatic N) is 1. The Morgan fingerprint density at radius 2 is 2.36 bits per heavy atom. The van der Waals surface area contributed by atoms with Crippen LogP contribution in [-0.2, 0) is 0 Å². The molecule has 0 heterocycles. The predicted molar refractivity (Wildman–Crippen MR) is 43.6 cm³/mol. The minimum Gasteiger partial charge on any atom is -0.226 e. The van der Waals surface area contributed by atoms with Gasteiger partial charge in [-0.1, -0.05) is 30.9 Å². The van der Waals surface area contributed by atoms with Crippen molar-refractivity contribution >= 4 is 0 Å². The van der Waals surface area contributed by atoms with Gasteiger partial charge in [0, 0.05) is 0 Å². The molecule has 1 unspecified atom stereocenters. The number of alkyl halides is 1. The highest BCUT2D eigenvalue weighted by molar-refractivity contribution is 5.30. The van der Waals surface area contributed by atoms with Crippen LogP contribution in [0.4, 0.5) is 4.39 Å². The molecule has 0 amide bonds. The molecule has 0 aliphatic carbocycles. The maximum absolute atomic E-state index is 12.6. The van der Waals surface area contributed by atoms with E-state index < -0.39 is 6.17 Å². The molecule has 0 aromatic carbocycles. The highest BCUT2D eigenvalue weighted by atomic mass is 19.1. The minimum atomic E-state index is -1.55. The lowest BCUT2D eigenvalue weighted by Gasteiger charge is -1.97. The van der Waals surface area contributed by atoms with Crippen LogP contribution in [0.2, 0.25) is 0 Å². The molecular formula is C9H10FN. The van der Waals surface area contributed by atoms with Crippen LogP contribution in [0.3, 0.4) is 0 Å². The Morgan fingerprint density at radius 1 is 1.73 bits per heavy atom. The molecule has 11 heavy (non-hydrogen) atoms. The Bertz CT molecular complexity index is 220. The first-order chi connectivity index (χ1) is 5.26. The summed E-state index contributed by atoms with van der Waals surface area (Å²) in [7, 11) is 0. The van der Waals surface area contributed by atoms with Crippen LogP contribution in [0.25, 0.3) is 0 Å². The Balaban J connectivity index is 4.49. The summed E-state index contributed by atoms with van der Waals surface area (Å²) in [5, 5.41) is 8.22. The molecule has 1 atom stereocenters. The van der Waals surface area contributed by atoms with Crippen LogP contribution < -0.4 is 0 Å². The third-order valence-electron chi connectivity index (χ3n) is 1.08. The van der Waals surface area contributed by atoms with Gasteiger partial charge in [-0.2, -0.15) is 5.26 Å². The van der Waals surface area contributed by atoms with Crippen LogP contribution in [0.5, 0.6) is 0 Å². The van der Waals surface area contributed by atoms with E-state index in [1.807, 2.05) is 0 Å². The van der Waals surface area contributed by atoms with Crippen molar-refractivity contribution in [3.8, 4) is 6.07 Å². The van der Waals surface area contributed by atoms with Gasteiger partial charge in [0.1, 0.15) is 6.07 Å². The number of allylic oxidation sites excluding steroid dienone is 5. The van der Waals surface area contributed by atoms with Gasteiger partial charge >= 0.3 is 0 Å². The van der Waals surface area contributed by atoms with Crippen molar-refractivity contribution in [2.75, 3.05) is 0 Å². The average Bonchev–Trinajstić information content (AvgIpc) is 2.03. The molecule has 1 nitrogen and oxygen atoms in total. The first kappa shape index (κ1) is 9.64. The van der Waals surface area contributed by atoms with Gasteiger partial charge in [-0.15, -0.1) is 0 Å². The SMILES string of the molecule is C=C/C=C(\C=C/C)C(F)C#N. The summed E-state index contributed by atoms with van der Waals surface area (Å²) in [5.41, 5.74) is 0.338. The lowest BCUT2D eigenvalue weighted by atomic mass is 10.1. The van der Waals surface area contributed by atoms with E-state index >= 15 is 0 Å². The van der Waals surface area contributed by atoms with Crippen LogP contribution in [-0.4, -0.2) is 6.17 Å². The smallest absolute Gasteiger partial charge is 0.211 e. The van der Waals surface area contributed by atoms with Gasteiger partial charge < -0.3 is 0 Å². The monoisotopic (exact) mass is 151 g/mol. The third kappa shape index (κ3) is 3.36. The zero-order valence-corrected chi connectivity index (χ0v) is 6.42. The molecule has 0 fully saturated rings. The van der Waals surface area contributed by atoms with Crippen molar-refractivity contribution in [3.05, 3.63) is 36.5 Å². The summed E-state index contributed by atoms with van der Waals surface area (Å²) < 4.78 is 12.6. The Labute approximate surface area is 66.1 Å². The molecule has 0 saturated heterocycles. The van der Waals surface area contributed by atoms with Gasteiger partial charge in [0.25, 0.3) is 0 Å². The Kier molecular flexibility index (Phi) is 4.76. The highest BCUT2D eigenvalue weighted by Crippen LogP contribution is 2.07. The van der Waals surface area contributed by atoms with Crippen molar-refractivity contribution in [3.63, 3.8) is 0 Å². The van der Waals surface area contributed by atoms with Crippen molar-refractivity contribution in [1.82, 2.24) is 0 Å². The van der Waals surface area contributed by atoms with Crippen molar-refractivity contribution in [1.29, 1.82) is 5.26 Å². The van der Waals surface area contributed by atoms with Gasteiger partial charge in [-0.25, -0.2) is 4.39 Å². The molecule has 0 radical (unpaired) electrons. The Hall–Kier alpha value is -1.36. The summed E-state index contributed by atoms with van der Waals surface area (Å²) in [4.78, 5) is 0. The zero-order chi connectivity index (χ0) is 8.69. The molecule has 0 saturated carbocycles. The molecule has 58 valence electrons. The summed E-state index contributed by atoms with van der Waals surface area (Å²) in [6.45, 7) is 5.18. The predicted octanol–water partition coefficient (Wildman–Crippen LogP) is 2.54. The topological polar surface area (TPSA) is 23.8 Å².